The van der Waals surface area contributed by atoms with Crippen LogP contribution < -0.4 is 11.1 Å². The summed E-state index contributed by atoms with van der Waals surface area (Å²) in [5, 5.41) is 2.96. The third-order valence-corrected chi connectivity index (χ3v) is 3.63. The van der Waals surface area contributed by atoms with Gasteiger partial charge >= 0.3 is 0 Å². The Morgan fingerprint density at radius 3 is 2.69 bits per heavy atom. The van der Waals surface area contributed by atoms with E-state index in [0.29, 0.717) is 6.42 Å². The molecule has 1 amide bonds. The van der Waals surface area contributed by atoms with E-state index in [-0.39, 0.29) is 5.91 Å². The first-order valence-electron chi connectivity index (χ1n) is 5.10. The standard InChI is InChI=1S/C11H17N3OS/c1-11(13-2,10(12)15)5-8-16-9-3-6-14-7-4-9/h3-4,6-7,13H,5,8H2,1-2H3,(H2,12,15). The second-order valence-electron chi connectivity index (χ2n) is 3.73. The quantitative estimate of drug-likeness (QED) is 0.727. The van der Waals surface area contributed by atoms with E-state index in [1.54, 1.807) is 31.2 Å². The maximum absolute atomic E-state index is 11.2. The largest absolute Gasteiger partial charge is 0.368 e. The zero-order valence-electron chi connectivity index (χ0n) is 9.56. The second kappa shape index (κ2) is 5.86. The normalized spacial score (nSPS) is 14.4. The maximum atomic E-state index is 11.2. The minimum atomic E-state index is -0.625. The molecular formula is C11H17N3OS. The number of carbonyl (C=O) groups is 1. The molecule has 1 aromatic heterocycles. The third kappa shape index (κ3) is 3.50. The number of primary amides is 1. The average Bonchev–Trinajstić information content (AvgIpc) is 2.30. The van der Waals surface area contributed by atoms with Crippen LogP contribution in [0.15, 0.2) is 29.4 Å². The van der Waals surface area contributed by atoms with Crippen molar-refractivity contribution in [2.24, 2.45) is 5.73 Å². The van der Waals surface area contributed by atoms with E-state index in [1.165, 1.54) is 0 Å². The van der Waals surface area contributed by atoms with Crippen LogP contribution in [0.2, 0.25) is 0 Å². The Labute approximate surface area is 100 Å². The van der Waals surface area contributed by atoms with Crippen LogP contribution in [0.5, 0.6) is 0 Å². The van der Waals surface area contributed by atoms with Crippen LogP contribution in [-0.4, -0.2) is 29.2 Å². The molecule has 16 heavy (non-hydrogen) atoms. The summed E-state index contributed by atoms with van der Waals surface area (Å²) in [6.07, 6.45) is 4.22. The Morgan fingerprint density at radius 1 is 1.56 bits per heavy atom. The van der Waals surface area contributed by atoms with Crippen LogP contribution in [0, 0.1) is 0 Å². The minimum absolute atomic E-state index is 0.315. The predicted molar refractivity (Wildman–Crippen MR) is 66.2 cm³/mol. The summed E-state index contributed by atoms with van der Waals surface area (Å²) in [5.41, 5.74) is 4.72. The molecule has 1 atom stereocenters. The SMILES string of the molecule is CNC(C)(CCSc1ccncc1)C(N)=O. The van der Waals surface area contributed by atoms with Crippen LogP contribution in [0.1, 0.15) is 13.3 Å². The van der Waals surface area contributed by atoms with Crippen molar-refractivity contribution < 1.29 is 4.79 Å². The van der Waals surface area contributed by atoms with Gasteiger partial charge in [0.15, 0.2) is 0 Å². The van der Waals surface area contributed by atoms with Crippen molar-refractivity contribution in [3.8, 4) is 0 Å². The number of hydrogen-bond donors (Lipinski definition) is 2. The molecule has 0 aromatic carbocycles. The van der Waals surface area contributed by atoms with Crippen LogP contribution in [0.25, 0.3) is 0 Å². The second-order valence-corrected chi connectivity index (χ2v) is 4.90. The van der Waals surface area contributed by atoms with Gasteiger partial charge in [0, 0.05) is 23.0 Å². The van der Waals surface area contributed by atoms with Crippen molar-refractivity contribution in [2.75, 3.05) is 12.8 Å². The summed E-state index contributed by atoms with van der Waals surface area (Å²) in [4.78, 5) is 16.3. The fourth-order valence-corrected chi connectivity index (χ4v) is 2.24. The highest BCUT2D eigenvalue weighted by Crippen LogP contribution is 2.20. The van der Waals surface area contributed by atoms with Gasteiger partial charge in [0.2, 0.25) is 5.91 Å². The number of thioether (sulfide) groups is 1. The van der Waals surface area contributed by atoms with Gasteiger partial charge in [-0.15, -0.1) is 11.8 Å². The lowest BCUT2D eigenvalue weighted by molar-refractivity contribution is -0.123. The molecule has 0 saturated carbocycles. The molecule has 88 valence electrons. The van der Waals surface area contributed by atoms with Gasteiger partial charge in [-0.1, -0.05) is 0 Å². The Kier molecular flexibility index (Phi) is 4.76. The van der Waals surface area contributed by atoms with E-state index >= 15 is 0 Å². The first-order chi connectivity index (χ1) is 7.58. The number of likely N-dealkylation sites (N-methyl/N-ethyl adjacent to an activating group) is 1. The number of pyridine rings is 1. The number of amides is 1. The molecule has 0 fully saturated rings. The van der Waals surface area contributed by atoms with Gasteiger partial charge in [-0.3, -0.25) is 9.78 Å². The van der Waals surface area contributed by atoms with Gasteiger partial charge in [-0.05, 0) is 32.5 Å². The molecule has 1 rings (SSSR count). The summed E-state index contributed by atoms with van der Waals surface area (Å²) in [7, 11) is 1.75. The van der Waals surface area contributed by atoms with Crippen molar-refractivity contribution in [1.82, 2.24) is 10.3 Å². The number of aromatic nitrogens is 1. The fraction of sp³-hybridized carbons (Fsp3) is 0.455. The molecule has 0 spiro atoms. The highest BCUT2D eigenvalue weighted by Gasteiger charge is 2.28. The molecule has 4 nitrogen and oxygen atoms in total. The molecule has 0 bridgehead atoms. The van der Waals surface area contributed by atoms with Crippen molar-refractivity contribution in [3.05, 3.63) is 24.5 Å². The first kappa shape index (κ1) is 13.0. The number of nitrogens with two attached hydrogens (primary N) is 1. The molecule has 1 unspecified atom stereocenters. The summed E-state index contributed by atoms with van der Waals surface area (Å²) >= 11 is 1.69. The smallest absolute Gasteiger partial charge is 0.237 e. The van der Waals surface area contributed by atoms with Gasteiger partial charge in [-0.2, -0.15) is 0 Å². The highest BCUT2D eigenvalue weighted by molar-refractivity contribution is 7.99. The zero-order chi connectivity index (χ0) is 12.0. The minimum Gasteiger partial charge on any atom is -0.368 e. The molecule has 3 N–H and O–H groups in total. The van der Waals surface area contributed by atoms with Crippen molar-refractivity contribution in [2.45, 2.75) is 23.8 Å². The van der Waals surface area contributed by atoms with Crippen molar-refractivity contribution in [1.29, 1.82) is 0 Å². The van der Waals surface area contributed by atoms with Gasteiger partial charge in [0.05, 0.1) is 5.54 Å². The van der Waals surface area contributed by atoms with E-state index in [4.69, 9.17) is 5.73 Å². The summed E-state index contributed by atoms with van der Waals surface area (Å²) in [6, 6.07) is 3.90. The topological polar surface area (TPSA) is 68.0 Å². The van der Waals surface area contributed by atoms with Crippen LogP contribution >= 0.6 is 11.8 Å². The molecule has 0 saturated heterocycles. The highest BCUT2D eigenvalue weighted by atomic mass is 32.2. The Morgan fingerprint density at radius 2 is 2.19 bits per heavy atom. The van der Waals surface area contributed by atoms with Crippen LogP contribution in [-0.2, 0) is 4.79 Å². The van der Waals surface area contributed by atoms with E-state index in [2.05, 4.69) is 10.3 Å². The van der Waals surface area contributed by atoms with Gasteiger partial charge in [-0.25, -0.2) is 0 Å². The van der Waals surface area contributed by atoms with Crippen molar-refractivity contribution in [3.63, 3.8) is 0 Å². The molecule has 5 heteroatoms. The average molecular weight is 239 g/mol. The van der Waals surface area contributed by atoms with E-state index < -0.39 is 5.54 Å². The predicted octanol–water partition coefficient (Wildman–Crippen LogP) is 1.03. The lowest BCUT2D eigenvalue weighted by atomic mass is 9.99. The lowest BCUT2D eigenvalue weighted by Gasteiger charge is -2.24. The summed E-state index contributed by atoms with van der Waals surface area (Å²) in [6.45, 7) is 1.82. The Hall–Kier alpha value is -1.07. The maximum Gasteiger partial charge on any atom is 0.237 e. The first-order valence-corrected chi connectivity index (χ1v) is 6.09. The number of rotatable bonds is 6. The van der Waals surface area contributed by atoms with E-state index in [0.717, 1.165) is 10.6 Å². The Balaban J connectivity index is 2.43. The molecule has 0 aliphatic heterocycles. The van der Waals surface area contributed by atoms with E-state index in [9.17, 15) is 4.79 Å². The number of hydrogen-bond acceptors (Lipinski definition) is 4. The fourth-order valence-electron chi connectivity index (χ4n) is 1.18. The number of carbonyl (C=O) groups excluding carboxylic acids is 1. The number of nitrogens with zero attached hydrogens (tertiary/aromatic N) is 1. The van der Waals surface area contributed by atoms with E-state index in [1.807, 2.05) is 19.1 Å². The molecule has 1 heterocycles. The van der Waals surface area contributed by atoms with Crippen LogP contribution in [0.4, 0.5) is 0 Å². The monoisotopic (exact) mass is 239 g/mol. The third-order valence-electron chi connectivity index (χ3n) is 2.62. The summed E-state index contributed by atoms with van der Waals surface area (Å²) in [5.74, 6) is 0.523. The van der Waals surface area contributed by atoms with Gasteiger partial charge in [0.1, 0.15) is 0 Å². The molecular weight excluding hydrogens is 222 g/mol. The molecule has 0 aliphatic carbocycles. The summed E-state index contributed by atoms with van der Waals surface area (Å²) < 4.78 is 0. The lowest BCUT2D eigenvalue weighted by Crippen LogP contribution is -2.51. The zero-order valence-corrected chi connectivity index (χ0v) is 10.4. The molecule has 1 aromatic rings. The van der Waals surface area contributed by atoms with Gasteiger partial charge in [0.25, 0.3) is 0 Å². The Bertz CT molecular complexity index is 344. The molecule has 0 radical (unpaired) electrons. The van der Waals surface area contributed by atoms with Crippen LogP contribution in [0.3, 0.4) is 0 Å². The van der Waals surface area contributed by atoms with Crippen molar-refractivity contribution >= 4 is 17.7 Å². The number of nitrogens with one attached hydrogen (secondary N) is 1. The van der Waals surface area contributed by atoms with Gasteiger partial charge < -0.3 is 11.1 Å². The molecule has 0 aliphatic rings.